The monoisotopic (exact) mass is 284 g/mol. The molecule has 0 fully saturated rings. The topological polar surface area (TPSA) is 51.6 Å². The van der Waals surface area contributed by atoms with Gasteiger partial charge in [-0.15, -0.1) is 0 Å². The molecule has 4 heteroatoms. The fourth-order valence-corrected chi connectivity index (χ4v) is 2.37. The Morgan fingerprint density at radius 3 is 2.27 bits per heavy atom. The van der Waals surface area contributed by atoms with E-state index in [1.165, 1.54) is 0 Å². The summed E-state index contributed by atoms with van der Waals surface area (Å²) in [5.74, 6) is 0.611. The van der Waals surface area contributed by atoms with Gasteiger partial charge in [0.1, 0.15) is 16.9 Å². The van der Waals surface area contributed by atoms with Crippen LogP contribution >= 0.6 is 0 Å². The smallest absolute Gasteiger partial charge is 0.179 e. The van der Waals surface area contributed by atoms with Gasteiger partial charge in [0.2, 0.25) is 0 Å². The minimum Gasteiger partial charge on any atom is -0.253 e. The van der Waals surface area contributed by atoms with Crippen molar-refractivity contribution in [1.29, 1.82) is 0 Å². The molecule has 0 spiro atoms. The molecule has 0 bridgehead atoms. The van der Waals surface area contributed by atoms with E-state index in [1.54, 1.807) is 12.4 Å². The van der Waals surface area contributed by atoms with Crippen LogP contribution in [0.25, 0.3) is 33.8 Å². The van der Waals surface area contributed by atoms with Gasteiger partial charge in [-0.1, -0.05) is 36.4 Å². The van der Waals surface area contributed by atoms with Crippen molar-refractivity contribution in [3.05, 3.63) is 73.1 Å². The van der Waals surface area contributed by atoms with E-state index in [9.17, 15) is 0 Å². The lowest BCUT2D eigenvalue weighted by atomic mass is 10.1. The lowest BCUT2D eigenvalue weighted by Gasteiger charge is -2.07. The molecule has 0 aliphatic carbocycles. The van der Waals surface area contributed by atoms with E-state index in [0.717, 1.165) is 28.0 Å². The number of hydrogen-bond acceptors (Lipinski definition) is 4. The van der Waals surface area contributed by atoms with Gasteiger partial charge in [0.15, 0.2) is 5.82 Å². The van der Waals surface area contributed by atoms with Crippen molar-refractivity contribution in [2.75, 3.05) is 0 Å². The van der Waals surface area contributed by atoms with Crippen LogP contribution in [0.4, 0.5) is 0 Å². The molecule has 0 radical (unpaired) electrons. The highest BCUT2D eigenvalue weighted by atomic mass is 14.9. The second kappa shape index (κ2) is 5.33. The van der Waals surface area contributed by atoms with E-state index in [-0.39, 0.29) is 0 Å². The predicted molar refractivity (Wildman–Crippen MR) is 86.0 cm³/mol. The van der Waals surface area contributed by atoms with E-state index in [4.69, 9.17) is 4.98 Å². The average molecular weight is 284 g/mol. The molecule has 22 heavy (non-hydrogen) atoms. The first-order chi connectivity index (χ1) is 10.9. The van der Waals surface area contributed by atoms with Crippen LogP contribution in [0.1, 0.15) is 0 Å². The number of nitrogens with zero attached hydrogens (tertiary/aromatic N) is 4. The molecular weight excluding hydrogens is 272 g/mol. The van der Waals surface area contributed by atoms with Crippen molar-refractivity contribution >= 4 is 11.0 Å². The maximum Gasteiger partial charge on any atom is 0.179 e. The first-order valence-electron chi connectivity index (χ1n) is 7.01. The molecule has 0 N–H and O–H groups in total. The summed E-state index contributed by atoms with van der Waals surface area (Å²) in [6, 6.07) is 19.6. The fourth-order valence-electron chi connectivity index (χ4n) is 2.37. The first kappa shape index (κ1) is 12.6. The summed E-state index contributed by atoms with van der Waals surface area (Å²) in [4.78, 5) is 18.1. The maximum absolute atomic E-state index is 4.71. The number of benzene rings is 1. The Bertz CT molecular complexity index is 921. The Kier molecular flexibility index (Phi) is 3.05. The zero-order valence-corrected chi connectivity index (χ0v) is 11.7. The van der Waals surface area contributed by atoms with Gasteiger partial charge in [-0.3, -0.25) is 9.97 Å². The molecule has 104 valence electrons. The quantitative estimate of drug-likeness (QED) is 0.562. The highest BCUT2D eigenvalue weighted by Crippen LogP contribution is 2.26. The summed E-state index contributed by atoms with van der Waals surface area (Å²) in [6.45, 7) is 0. The van der Waals surface area contributed by atoms with E-state index in [1.807, 2.05) is 60.7 Å². The number of hydrogen-bond donors (Lipinski definition) is 0. The van der Waals surface area contributed by atoms with Gasteiger partial charge in [0.05, 0.1) is 5.52 Å². The van der Waals surface area contributed by atoms with Gasteiger partial charge in [0, 0.05) is 18.0 Å². The largest absolute Gasteiger partial charge is 0.253 e. The van der Waals surface area contributed by atoms with Gasteiger partial charge < -0.3 is 0 Å². The summed E-state index contributed by atoms with van der Waals surface area (Å²) >= 11 is 0. The van der Waals surface area contributed by atoms with Crippen molar-refractivity contribution in [2.24, 2.45) is 0 Å². The first-order valence-corrected chi connectivity index (χ1v) is 7.01. The van der Waals surface area contributed by atoms with Gasteiger partial charge in [-0.25, -0.2) is 9.97 Å². The standard InChI is InChI=1S/C18H12N4/c1-2-7-13(8-3-1)16-17-14(10-6-12-20-17)21-18(22-16)15-9-4-5-11-19-15/h1-12H. The molecular formula is C18H12N4. The van der Waals surface area contributed by atoms with Gasteiger partial charge in [0.25, 0.3) is 0 Å². The molecule has 1 aromatic carbocycles. The van der Waals surface area contributed by atoms with E-state index < -0.39 is 0 Å². The molecule has 0 atom stereocenters. The number of rotatable bonds is 2. The molecule has 0 aliphatic heterocycles. The van der Waals surface area contributed by atoms with Crippen molar-refractivity contribution in [1.82, 2.24) is 19.9 Å². The molecule has 3 heterocycles. The minimum atomic E-state index is 0.611. The van der Waals surface area contributed by atoms with Gasteiger partial charge >= 0.3 is 0 Å². The Hall–Kier alpha value is -3.14. The highest BCUT2D eigenvalue weighted by Gasteiger charge is 2.12. The summed E-state index contributed by atoms with van der Waals surface area (Å²) < 4.78 is 0. The van der Waals surface area contributed by atoms with E-state index in [2.05, 4.69) is 15.0 Å². The van der Waals surface area contributed by atoms with Crippen LogP contribution in [-0.2, 0) is 0 Å². The molecule has 0 amide bonds. The van der Waals surface area contributed by atoms with Crippen LogP contribution in [-0.4, -0.2) is 19.9 Å². The second-order valence-electron chi connectivity index (χ2n) is 4.85. The lowest BCUT2D eigenvalue weighted by Crippen LogP contribution is -1.97. The molecule has 4 rings (SSSR count). The number of fused-ring (bicyclic) bond motifs is 1. The SMILES string of the molecule is c1ccc(-c2nc(-c3ccccn3)nc3cccnc23)cc1. The predicted octanol–water partition coefficient (Wildman–Crippen LogP) is 3.75. The van der Waals surface area contributed by atoms with Crippen molar-refractivity contribution in [2.45, 2.75) is 0 Å². The summed E-state index contributed by atoms with van der Waals surface area (Å²) in [5.41, 5.74) is 4.22. The molecule has 0 aliphatic rings. The third-order valence-corrected chi connectivity index (χ3v) is 3.40. The van der Waals surface area contributed by atoms with Crippen molar-refractivity contribution in [3.63, 3.8) is 0 Å². The Balaban J connectivity index is 2.02. The summed E-state index contributed by atoms with van der Waals surface area (Å²) in [6.07, 6.45) is 3.51. The Morgan fingerprint density at radius 2 is 1.45 bits per heavy atom. The zero-order chi connectivity index (χ0) is 14.8. The molecule has 0 saturated heterocycles. The van der Waals surface area contributed by atoms with E-state index >= 15 is 0 Å². The number of pyridine rings is 2. The molecule has 0 unspecified atom stereocenters. The van der Waals surface area contributed by atoms with Gasteiger partial charge in [-0.05, 0) is 24.3 Å². The molecule has 4 aromatic rings. The van der Waals surface area contributed by atoms with E-state index in [0.29, 0.717) is 5.82 Å². The minimum absolute atomic E-state index is 0.611. The fraction of sp³-hybridized carbons (Fsp3) is 0. The molecule has 3 aromatic heterocycles. The van der Waals surface area contributed by atoms with Crippen LogP contribution in [0.15, 0.2) is 73.1 Å². The van der Waals surface area contributed by atoms with Crippen LogP contribution in [0.2, 0.25) is 0 Å². The third kappa shape index (κ3) is 2.20. The average Bonchev–Trinajstić information content (AvgIpc) is 2.62. The normalized spacial score (nSPS) is 10.7. The maximum atomic E-state index is 4.71. The summed E-state index contributed by atoms with van der Waals surface area (Å²) in [5, 5.41) is 0. The summed E-state index contributed by atoms with van der Waals surface area (Å²) in [7, 11) is 0. The Morgan fingerprint density at radius 1 is 0.636 bits per heavy atom. The van der Waals surface area contributed by atoms with Crippen LogP contribution < -0.4 is 0 Å². The zero-order valence-electron chi connectivity index (χ0n) is 11.7. The van der Waals surface area contributed by atoms with Crippen molar-refractivity contribution < 1.29 is 0 Å². The number of aromatic nitrogens is 4. The highest BCUT2D eigenvalue weighted by molar-refractivity contribution is 5.90. The van der Waals surface area contributed by atoms with Crippen molar-refractivity contribution in [3.8, 4) is 22.8 Å². The Labute approximate surface area is 127 Å². The van der Waals surface area contributed by atoms with Gasteiger partial charge in [-0.2, -0.15) is 0 Å². The second-order valence-corrected chi connectivity index (χ2v) is 4.85. The van der Waals surface area contributed by atoms with Crippen LogP contribution in [0.3, 0.4) is 0 Å². The third-order valence-electron chi connectivity index (χ3n) is 3.40. The lowest BCUT2D eigenvalue weighted by molar-refractivity contribution is 1.16. The molecule has 0 saturated carbocycles. The van der Waals surface area contributed by atoms with Crippen LogP contribution in [0, 0.1) is 0 Å². The molecule has 4 nitrogen and oxygen atoms in total. The van der Waals surface area contributed by atoms with Crippen LogP contribution in [0.5, 0.6) is 0 Å².